The highest BCUT2D eigenvalue weighted by Gasteiger charge is 2.53. The third kappa shape index (κ3) is 12.0. The molecule has 2 N–H and O–H groups in total. The summed E-state index contributed by atoms with van der Waals surface area (Å²) >= 11 is 8.61. The third-order valence-electron chi connectivity index (χ3n) is 13.3. The summed E-state index contributed by atoms with van der Waals surface area (Å²) in [6.07, 6.45) is 16.9. The third-order valence-corrected chi connectivity index (χ3v) is 15.6. The Bertz CT molecular complexity index is 3570. The number of carbonyl (C=O) groups is 1. The number of terminal acetylenes is 1. The second-order valence-electron chi connectivity index (χ2n) is 18.4. The molecular formula is C55H42ClF6N13O2S2. The first kappa shape index (κ1) is 54.2. The first-order chi connectivity index (χ1) is 38.2. The molecule has 4 atom stereocenters. The Morgan fingerprint density at radius 2 is 1.23 bits per heavy atom. The molecule has 4 aliphatic heterocycles. The van der Waals surface area contributed by atoms with Crippen molar-refractivity contribution < 1.29 is 35.9 Å². The van der Waals surface area contributed by atoms with Crippen molar-refractivity contribution in [2.45, 2.75) is 17.5 Å². The van der Waals surface area contributed by atoms with Crippen LogP contribution in [0.1, 0.15) is 50.4 Å². The summed E-state index contributed by atoms with van der Waals surface area (Å²) in [7, 11) is 0. The molecule has 0 amide bonds. The zero-order chi connectivity index (χ0) is 55.3. The number of halogens is 7. The van der Waals surface area contributed by atoms with Crippen molar-refractivity contribution in [2.75, 3.05) is 54.1 Å². The van der Waals surface area contributed by atoms with Gasteiger partial charge in [-0.1, -0.05) is 71.7 Å². The van der Waals surface area contributed by atoms with Crippen LogP contribution >= 0.6 is 35.1 Å². The zero-order valence-corrected chi connectivity index (χ0v) is 43.6. The number of fused-ring (bicyclic) bond motifs is 2. The highest BCUT2D eigenvalue weighted by atomic mass is 35.5. The number of nitrogens with two attached hydrogens (primary N) is 1. The first-order valence-electron chi connectivity index (χ1n) is 24.1. The number of amidine groups is 1. The van der Waals surface area contributed by atoms with Gasteiger partial charge in [0.25, 0.3) is 0 Å². The fraction of sp³-hybridized carbons (Fsp3) is 0.218. The summed E-state index contributed by atoms with van der Waals surface area (Å²) < 4.78 is 93.2. The molecule has 4 aliphatic rings. The average molecular weight is 1130 g/mol. The Morgan fingerprint density at radius 3 is 1.75 bits per heavy atom. The van der Waals surface area contributed by atoms with E-state index >= 15 is 17.6 Å². The zero-order valence-electron chi connectivity index (χ0n) is 41.2. The largest absolute Gasteiger partial charge is 0.463 e. The number of rotatable bonds is 13. The number of hydrogen-bond acceptors (Lipinski definition) is 17. The van der Waals surface area contributed by atoms with Crippen LogP contribution in [0.3, 0.4) is 0 Å². The highest BCUT2D eigenvalue weighted by Crippen LogP contribution is 2.49. The van der Waals surface area contributed by atoms with E-state index in [-0.39, 0.29) is 83.2 Å². The number of Topliss-reactive ketones (excluding diaryl/α,β-unsaturated/α-hetero) is 1. The Morgan fingerprint density at radius 1 is 0.696 bits per heavy atom. The molecular weight excluding hydrogens is 1090 g/mol. The van der Waals surface area contributed by atoms with E-state index in [1.54, 1.807) is 36.4 Å². The number of carbonyl (C=O) groups excluding carboxylic acids is 1. The molecule has 79 heavy (non-hydrogen) atoms. The Labute approximate surface area is 461 Å². The molecule has 11 rings (SSSR count). The lowest BCUT2D eigenvalue weighted by molar-refractivity contribution is 0.100. The van der Waals surface area contributed by atoms with E-state index in [9.17, 15) is 13.6 Å². The van der Waals surface area contributed by atoms with Crippen molar-refractivity contribution in [2.24, 2.45) is 27.6 Å². The molecule has 0 unspecified atom stereocenters. The molecule has 15 nitrogen and oxygen atoms in total. The van der Waals surface area contributed by atoms with Gasteiger partial charge in [-0.2, -0.15) is 0 Å². The predicted molar refractivity (Wildman–Crippen MR) is 292 cm³/mol. The molecule has 0 radical (unpaired) electrons. The summed E-state index contributed by atoms with van der Waals surface area (Å²) in [4.78, 5) is 58.6. The minimum Gasteiger partial charge on any atom is -0.463 e. The lowest BCUT2D eigenvalue weighted by Gasteiger charge is -2.36. The molecule has 0 aliphatic carbocycles. The van der Waals surface area contributed by atoms with E-state index in [4.69, 9.17) is 38.5 Å². The number of aliphatic imine (C=N–C) groups is 2. The van der Waals surface area contributed by atoms with Gasteiger partial charge >= 0.3 is 0 Å². The fourth-order valence-electron chi connectivity index (χ4n) is 9.67. The van der Waals surface area contributed by atoms with Gasteiger partial charge in [0.2, 0.25) is 17.8 Å². The fourth-order valence-corrected chi connectivity index (χ4v) is 12.0. The van der Waals surface area contributed by atoms with E-state index < -0.39 is 46.0 Å². The minimum absolute atomic E-state index is 0.0175. The highest BCUT2D eigenvalue weighted by molar-refractivity contribution is 8.14. The maximum absolute atomic E-state index is 15.7. The summed E-state index contributed by atoms with van der Waals surface area (Å²) in [5, 5.41) is 1.03. The SMILES string of the molecule is C#CCOc1cnc(/C(F)=C/c2ccc(F)c([C@@]34CN(c5ncc(F)cn5)C[C@@H]3CSC(N)=N4)c2)cn1.O=C(CC1=N[C@]2(c3cc(/C=C(\F)c4cnc(Cl)cn4)ccc3F)CN(c3ncc(F)cn3)C[C@@H]2CS1)c1ccccc1. The number of nitrogens with zero attached hydrogens (tertiary/aromatic N) is 12. The van der Waals surface area contributed by atoms with E-state index in [0.717, 1.165) is 24.8 Å². The summed E-state index contributed by atoms with van der Waals surface area (Å²) in [6, 6.07) is 17.5. The summed E-state index contributed by atoms with van der Waals surface area (Å²) in [6.45, 7) is 1.32. The molecule has 7 aromatic rings. The predicted octanol–water partition coefficient (Wildman–Crippen LogP) is 9.83. The number of ether oxygens (including phenoxy) is 1. The first-order valence-corrected chi connectivity index (χ1v) is 26.5. The van der Waals surface area contributed by atoms with Gasteiger partial charge in [-0.15, -0.1) is 18.2 Å². The molecule has 3 aromatic carbocycles. The van der Waals surface area contributed by atoms with Crippen LogP contribution in [0.25, 0.3) is 23.8 Å². The lowest BCUT2D eigenvalue weighted by Crippen LogP contribution is -2.40. The van der Waals surface area contributed by atoms with Crippen molar-refractivity contribution in [1.29, 1.82) is 0 Å². The summed E-state index contributed by atoms with van der Waals surface area (Å²) in [5.74, 6) is 0.286. The number of hydrogen-bond donors (Lipinski definition) is 1. The van der Waals surface area contributed by atoms with Crippen LogP contribution in [0.2, 0.25) is 5.15 Å². The van der Waals surface area contributed by atoms with Crippen LogP contribution in [-0.4, -0.2) is 100 Å². The van der Waals surface area contributed by atoms with Crippen molar-refractivity contribution >= 4 is 86.8 Å². The average Bonchev–Trinajstić information content (AvgIpc) is 4.20. The van der Waals surface area contributed by atoms with E-state index in [1.165, 1.54) is 84.7 Å². The molecule has 24 heteroatoms. The van der Waals surface area contributed by atoms with Crippen LogP contribution < -0.4 is 20.3 Å². The second kappa shape index (κ2) is 23.4. The molecule has 400 valence electrons. The number of ketones is 1. The van der Waals surface area contributed by atoms with E-state index in [1.807, 2.05) is 15.9 Å². The molecule has 2 fully saturated rings. The van der Waals surface area contributed by atoms with Gasteiger partial charge in [-0.05, 0) is 47.5 Å². The number of aromatic nitrogens is 8. The van der Waals surface area contributed by atoms with Crippen molar-refractivity contribution in [3.8, 4) is 18.2 Å². The molecule has 0 saturated carbocycles. The topological polar surface area (TPSA) is 187 Å². The molecule has 4 aromatic heterocycles. The van der Waals surface area contributed by atoms with Crippen molar-refractivity contribution in [3.05, 3.63) is 184 Å². The number of thioether (sulfide) groups is 2. The van der Waals surface area contributed by atoms with Gasteiger partial charge < -0.3 is 20.3 Å². The van der Waals surface area contributed by atoms with E-state index in [0.29, 0.717) is 57.4 Å². The monoisotopic (exact) mass is 1130 g/mol. The lowest BCUT2D eigenvalue weighted by atomic mass is 9.80. The van der Waals surface area contributed by atoms with Crippen LogP contribution in [0.4, 0.5) is 38.2 Å². The van der Waals surface area contributed by atoms with Gasteiger partial charge in [0.15, 0.2) is 40.8 Å². The van der Waals surface area contributed by atoms with Crippen LogP contribution in [0, 0.1) is 47.4 Å². The van der Waals surface area contributed by atoms with Crippen LogP contribution in [0.5, 0.6) is 5.88 Å². The number of benzene rings is 3. The Balaban J connectivity index is 0.000000180. The summed E-state index contributed by atoms with van der Waals surface area (Å²) in [5.41, 5.74) is 5.76. The molecule has 8 heterocycles. The molecule has 0 spiro atoms. The molecule has 0 bridgehead atoms. The van der Waals surface area contributed by atoms with E-state index in [2.05, 4.69) is 45.8 Å². The van der Waals surface area contributed by atoms with Gasteiger partial charge in [0.05, 0.1) is 74.1 Å². The Hall–Kier alpha value is -8.20. The van der Waals surface area contributed by atoms with Crippen molar-refractivity contribution in [1.82, 2.24) is 39.9 Å². The van der Waals surface area contributed by atoms with Crippen molar-refractivity contribution in [3.63, 3.8) is 0 Å². The van der Waals surface area contributed by atoms with Crippen LogP contribution in [-0.2, 0) is 11.1 Å². The maximum atomic E-state index is 15.7. The maximum Gasteiger partial charge on any atom is 0.233 e. The second-order valence-corrected chi connectivity index (χ2v) is 20.9. The number of anilines is 2. The Kier molecular flexibility index (Phi) is 16.1. The quantitative estimate of drug-likeness (QED) is 0.0653. The standard InChI is InChI=1S/C30H22ClF3N6OS.C25H20F3N7OS/c31-27-14-35-25(13-36-27)24(34)9-18-6-7-23(33)22(8-18)30-17-40(29-37-11-21(32)12-38-29)15-20(30)16-42-28(39-30)10-26(41)19-4-2-1-3-5-19;1-2-5-36-22-11-30-21(10-31-22)20(28)7-15-3-4-19(27)18(6-15)25-14-35(24-32-8-17(26)9-33-24)12-16(25)13-37-23(29)34-25/h1-9,11-14,20H,10,15-17H2;1,3-4,6-11,16H,5,12-14H2,(H2,29,34)/b24-9-;20-7-/t20-,30-;16-,25-/m11/s1. The van der Waals surface area contributed by atoms with Crippen LogP contribution in [0.15, 0.2) is 126 Å². The minimum atomic E-state index is -1.13. The van der Waals surface area contributed by atoms with Gasteiger partial charge in [0.1, 0.15) is 39.3 Å². The van der Waals surface area contributed by atoms with Gasteiger partial charge in [-0.3, -0.25) is 9.79 Å². The van der Waals surface area contributed by atoms with Gasteiger partial charge in [-0.25, -0.2) is 71.2 Å². The normalized spacial score (nSPS) is 20.7. The van der Waals surface area contributed by atoms with Gasteiger partial charge in [0, 0.05) is 53.1 Å². The molecule has 2 saturated heterocycles. The smallest absolute Gasteiger partial charge is 0.233 e.